The Kier molecular flexibility index (Phi) is 9.27. The monoisotopic (exact) mass is 472 g/mol. The summed E-state index contributed by atoms with van der Waals surface area (Å²) in [5.74, 6) is 0.810. The molecule has 1 aliphatic heterocycles. The van der Waals surface area contributed by atoms with Crippen molar-refractivity contribution in [2.75, 3.05) is 49.5 Å². The molecule has 2 aromatic rings. The molecule has 0 radical (unpaired) electrons. The first kappa shape index (κ1) is 25.2. The summed E-state index contributed by atoms with van der Waals surface area (Å²) in [5.41, 5.74) is 1.71. The Morgan fingerprint density at radius 1 is 1.03 bits per heavy atom. The van der Waals surface area contributed by atoms with E-state index in [1.165, 1.54) is 5.69 Å². The Balaban J connectivity index is 1.40. The number of unbranched alkanes of at least 4 members (excludes halogenated alkanes) is 1. The topological polar surface area (TPSA) is 56.8 Å². The van der Waals surface area contributed by atoms with E-state index in [2.05, 4.69) is 53.3 Å². The van der Waals surface area contributed by atoms with Crippen LogP contribution < -0.4 is 20.3 Å². The molecule has 2 N–H and O–H groups in total. The van der Waals surface area contributed by atoms with Gasteiger partial charge in [0.05, 0.1) is 0 Å². The molecule has 2 amide bonds. The fraction of sp³-hybridized carbons (Fsp3) is 0.500. The molecule has 0 atom stereocenters. The smallest absolute Gasteiger partial charge is 0.319 e. The van der Waals surface area contributed by atoms with Gasteiger partial charge in [0.25, 0.3) is 0 Å². The fourth-order valence-electron chi connectivity index (χ4n) is 3.84. The van der Waals surface area contributed by atoms with E-state index in [9.17, 15) is 4.79 Å². The van der Waals surface area contributed by atoms with Crippen LogP contribution in [0.5, 0.6) is 5.75 Å². The van der Waals surface area contributed by atoms with E-state index in [4.69, 9.17) is 16.3 Å². The number of nitrogens with zero attached hydrogens (tertiary/aromatic N) is 2. The van der Waals surface area contributed by atoms with Crippen LogP contribution in [0.2, 0.25) is 5.02 Å². The number of urea groups is 1. The number of benzene rings is 2. The van der Waals surface area contributed by atoms with Crippen LogP contribution in [0.4, 0.5) is 16.2 Å². The van der Waals surface area contributed by atoms with Crippen molar-refractivity contribution in [2.45, 2.75) is 45.6 Å². The summed E-state index contributed by atoms with van der Waals surface area (Å²) in [7, 11) is 0. The minimum absolute atomic E-state index is 0.173. The largest absolute Gasteiger partial charge is 0.488 e. The van der Waals surface area contributed by atoms with Gasteiger partial charge in [0.15, 0.2) is 0 Å². The van der Waals surface area contributed by atoms with Gasteiger partial charge in [-0.1, -0.05) is 24.9 Å². The lowest BCUT2D eigenvalue weighted by molar-refractivity contribution is 0.0821. The van der Waals surface area contributed by atoms with E-state index in [0.29, 0.717) is 6.54 Å². The minimum atomic E-state index is -0.278. The highest BCUT2D eigenvalue weighted by atomic mass is 35.5. The van der Waals surface area contributed by atoms with Gasteiger partial charge in [-0.15, -0.1) is 0 Å². The van der Waals surface area contributed by atoms with E-state index < -0.39 is 0 Å². The molecule has 6 nitrogen and oxygen atoms in total. The number of amides is 2. The van der Waals surface area contributed by atoms with Crippen molar-refractivity contribution in [3.8, 4) is 5.75 Å². The van der Waals surface area contributed by atoms with E-state index in [0.717, 1.165) is 68.4 Å². The van der Waals surface area contributed by atoms with E-state index >= 15 is 0 Å². The maximum absolute atomic E-state index is 11.9. The van der Waals surface area contributed by atoms with Gasteiger partial charge in [0.1, 0.15) is 11.4 Å². The molecule has 3 rings (SSSR count). The highest BCUT2D eigenvalue weighted by Crippen LogP contribution is 2.24. The summed E-state index contributed by atoms with van der Waals surface area (Å²) in [4.78, 5) is 16.8. The first-order chi connectivity index (χ1) is 15.8. The predicted molar refractivity (Wildman–Crippen MR) is 138 cm³/mol. The van der Waals surface area contributed by atoms with Crippen LogP contribution in [-0.4, -0.2) is 55.8 Å². The third kappa shape index (κ3) is 8.45. The van der Waals surface area contributed by atoms with Crippen molar-refractivity contribution >= 4 is 29.0 Å². The van der Waals surface area contributed by atoms with E-state index in [1.54, 1.807) is 0 Å². The number of piperazine rings is 1. The number of halogens is 1. The van der Waals surface area contributed by atoms with Gasteiger partial charge in [0.2, 0.25) is 0 Å². The number of hydrogen-bond donors (Lipinski definition) is 2. The van der Waals surface area contributed by atoms with Gasteiger partial charge in [-0.05, 0) is 75.2 Å². The van der Waals surface area contributed by atoms with Crippen LogP contribution in [-0.2, 0) is 0 Å². The SMILES string of the molecule is CCCCNC(=O)Nc1ccc(OC(C)(C)CCN2CCN(c3ccc(Cl)cc3)CC2)cc1. The highest BCUT2D eigenvalue weighted by Gasteiger charge is 2.23. The molecule has 1 heterocycles. The summed E-state index contributed by atoms with van der Waals surface area (Å²) in [6.07, 6.45) is 2.98. The van der Waals surface area contributed by atoms with Crippen LogP contribution in [0.15, 0.2) is 48.5 Å². The van der Waals surface area contributed by atoms with Crippen molar-refractivity contribution in [3.63, 3.8) is 0 Å². The second kappa shape index (κ2) is 12.1. The second-order valence-electron chi connectivity index (χ2n) is 9.18. The molecule has 0 spiro atoms. The average molecular weight is 473 g/mol. The lowest BCUT2D eigenvalue weighted by Gasteiger charge is -2.37. The Hall–Kier alpha value is -2.44. The average Bonchev–Trinajstić information content (AvgIpc) is 2.80. The van der Waals surface area contributed by atoms with Crippen molar-refractivity contribution in [2.24, 2.45) is 0 Å². The molecule has 180 valence electrons. The predicted octanol–water partition coefficient (Wildman–Crippen LogP) is 5.63. The molecule has 0 bridgehead atoms. The first-order valence-corrected chi connectivity index (χ1v) is 12.3. The normalized spacial score (nSPS) is 14.7. The maximum atomic E-state index is 11.9. The molecule has 1 saturated heterocycles. The zero-order chi connectivity index (χ0) is 23.7. The number of carbonyl (C=O) groups excluding carboxylic acids is 1. The van der Waals surface area contributed by atoms with Gasteiger partial charge in [-0.25, -0.2) is 4.79 Å². The molecule has 2 aromatic carbocycles. The fourth-order valence-corrected chi connectivity index (χ4v) is 3.97. The Labute approximate surface area is 203 Å². The molecule has 33 heavy (non-hydrogen) atoms. The number of nitrogens with one attached hydrogen (secondary N) is 2. The van der Waals surface area contributed by atoms with Crippen LogP contribution >= 0.6 is 11.6 Å². The Morgan fingerprint density at radius 3 is 2.33 bits per heavy atom. The van der Waals surface area contributed by atoms with Gasteiger partial charge in [0, 0.05) is 55.7 Å². The number of anilines is 2. The lowest BCUT2D eigenvalue weighted by Crippen LogP contribution is -2.48. The quantitative estimate of drug-likeness (QED) is 0.440. The third-order valence-electron chi connectivity index (χ3n) is 5.92. The van der Waals surface area contributed by atoms with Crippen molar-refractivity contribution in [3.05, 3.63) is 53.6 Å². The van der Waals surface area contributed by atoms with E-state index in [1.807, 2.05) is 36.4 Å². The molecule has 0 aliphatic carbocycles. The summed E-state index contributed by atoms with van der Waals surface area (Å²) in [6.45, 7) is 12.2. The number of carbonyl (C=O) groups is 1. The van der Waals surface area contributed by atoms with Crippen LogP contribution in [0.25, 0.3) is 0 Å². The van der Waals surface area contributed by atoms with Crippen molar-refractivity contribution in [1.82, 2.24) is 10.2 Å². The molecule has 0 aromatic heterocycles. The molecule has 7 heteroatoms. The van der Waals surface area contributed by atoms with Gasteiger partial charge >= 0.3 is 6.03 Å². The molecular weight excluding hydrogens is 436 g/mol. The van der Waals surface area contributed by atoms with Crippen molar-refractivity contribution < 1.29 is 9.53 Å². The molecule has 1 aliphatic rings. The zero-order valence-electron chi connectivity index (χ0n) is 20.1. The number of ether oxygens (including phenoxy) is 1. The zero-order valence-corrected chi connectivity index (χ0v) is 20.8. The minimum Gasteiger partial charge on any atom is -0.488 e. The Morgan fingerprint density at radius 2 is 1.70 bits per heavy atom. The van der Waals surface area contributed by atoms with Crippen LogP contribution in [0, 0.1) is 0 Å². The summed E-state index contributed by atoms with van der Waals surface area (Å²) in [6, 6.07) is 15.5. The molecular formula is C26H37ClN4O2. The number of hydrogen-bond acceptors (Lipinski definition) is 4. The van der Waals surface area contributed by atoms with Crippen LogP contribution in [0.3, 0.4) is 0 Å². The summed E-state index contributed by atoms with van der Waals surface area (Å²) >= 11 is 6.01. The maximum Gasteiger partial charge on any atom is 0.319 e. The van der Waals surface area contributed by atoms with Crippen LogP contribution in [0.1, 0.15) is 40.0 Å². The van der Waals surface area contributed by atoms with Crippen molar-refractivity contribution in [1.29, 1.82) is 0 Å². The van der Waals surface area contributed by atoms with Gasteiger partial charge < -0.3 is 20.3 Å². The van der Waals surface area contributed by atoms with Gasteiger partial charge in [-0.2, -0.15) is 0 Å². The summed E-state index contributed by atoms with van der Waals surface area (Å²) in [5, 5.41) is 6.48. The van der Waals surface area contributed by atoms with Gasteiger partial charge in [-0.3, -0.25) is 4.90 Å². The molecule has 0 saturated carbocycles. The summed E-state index contributed by atoms with van der Waals surface area (Å²) < 4.78 is 6.26. The molecule has 1 fully saturated rings. The standard InChI is InChI=1S/C26H37ClN4O2/c1-4-5-15-28-25(32)29-22-8-12-24(13-9-22)33-26(2,3)14-16-30-17-19-31(20-18-30)23-10-6-21(27)7-11-23/h6-13H,4-5,14-20H2,1-3H3,(H2,28,29,32). The number of rotatable bonds is 10. The first-order valence-electron chi connectivity index (χ1n) is 11.9. The third-order valence-corrected chi connectivity index (χ3v) is 6.17. The second-order valence-corrected chi connectivity index (χ2v) is 9.61. The Bertz CT molecular complexity index is 863. The lowest BCUT2D eigenvalue weighted by atomic mass is 10.0. The molecule has 0 unspecified atom stereocenters. The van der Waals surface area contributed by atoms with E-state index in [-0.39, 0.29) is 11.6 Å². The highest BCUT2D eigenvalue weighted by molar-refractivity contribution is 6.30.